The van der Waals surface area contributed by atoms with Crippen LogP contribution in [-0.4, -0.2) is 30.5 Å². The van der Waals surface area contributed by atoms with Gasteiger partial charge in [-0.25, -0.2) is 13.6 Å². The summed E-state index contributed by atoms with van der Waals surface area (Å²) in [6, 6.07) is 3.52. The van der Waals surface area contributed by atoms with Crippen molar-refractivity contribution in [3.8, 4) is 5.75 Å². The Kier molecular flexibility index (Phi) is 4.38. The number of anilines is 1. The van der Waals surface area contributed by atoms with E-state index in [9.17, 15) is 18.4 Å². The maximum Gasteiger partial charge on any atom is 0.335 e. The molecule has 0 aliphatic heterocycles. The highest BCUT2D eigenvalue weighted by Crippen LogP contribution is 2.25. The van der Waals surface area contributed by atoms with Crippen molar-refractivity contribution >= 4 is 18.1 Å². The molecule has 0 bridgehead atoms. The van der Waals surface area contributed by atoms with Gasteiger partial charge in [-0.2, -0.15) is 0 Å². The van der Waals surface area contributed by atoms with Gasteiger partial charge in [0.05, 0.1) is 11.3 Å². The first-order valence-electron chi connectivity index (χ1n) is 4.53. The van der Waals surface area contributed by atoms with Gasteiger partial charge < -0.3 is 15.2 Å². The fourth-order valence-corrected chi connectivity index (χ4v) is 1.12. The molecule has 5 nitrogen and oxygen atoms in total. The van der Waals surface area contributed by atoms with E-state index in [0.29, 0.717) is 6.41 Å². The second-order valence-corrected chi connectivity index (χ2v) is 2.98. The van der Waals surface area contributed by atoms with E-state index >= 15 is 0 Å². The number of rotatable bonds is 6. The van der Waals surface area contributed by atoms with Gasteiger partial charge in [-0.1, -0.05) is 0 Å². The third kappa shape index (κ3) is 3.71. The number of carbonyl (C=O) groups is 2. The molecule has 0 atom stereocenters. The number of benzene rings is 1. The van der Waals surface area contributed by atoms with Crippen molar-refractivity contribution in [2.75, 3.05) is 11.9 Å². The van der Waals surface area contributed by atoms with E-state index < -0.39 is 19.0 Å². The number of ether oxygens (including phenoxy) is 1. The minimum absolute atomic E-state index is 0.0117. The van der Waals surface area contributed by atoms with Gasteiger partial charge in [-0.3, -0.25) is 4.79 Å². The lowest BCUT2D eigenvalue weighted by Crippen LogP contribution is -2.09. The summed E-state index contributed by atoms with van der Waals surface area (Å²) in [7, 11) is 0. The quantitative estimate of drug-likeness (QED) is 0.746. The number of alkyl halides is 2. The summed E-state index contributed by atoms with van der Waals surface area (Å²) in [5, 5.41) is 10.9. The zero-order valence-electron chi connectivity index (χ0n) is 8.52. The molecule has 0 radical (unpaired) electrons. The molecule has 1 rings (SSSR count). The Morgan fingerprint density at radius 3 is 2.76 bits per heavy atom. The molecule has 0 fully saturated rings. The average Bonchev–Trinajstić information content (AvgIpc) is 2.27. The van der Waals surface area contributed by atoms with Crippen LogP contribution in [0.25, 0.3) is 0 Å². The molecule has 0 aromatic heterocycles. The Bertz CT molecular complexity index is 423. The molecule has 0 unspecified atom stereocenters. The van der Waals surface area contributed by atoms with Gasteiger partial charge in [0.2, 0.25) is 6.41 Å². The maximum absolute atomic E-state index is 11.9. The Balaban J connectivity index is 2.95. The summed E-state index contributed by atoms with van der Waals surface area (Å²) in [6.45, 7) is -0.833. The maximum atomic E-state index is 11.9. The number of amides is 1. The molecular formula is C10H9F2NO4. The standard InChI is InChI=1S/C10H9F2NO4/c11-9(12)4-17-8-2-1-6(10(15)16)3-7(8)13-5-14/h1-3,5,9H,4H2,(H,13,14)(H,15,16). The molecular weight excluding hydrogens is 236 g/mol. The summed E-state index contributed by atoms with van der Waals surface area (Å²) < 4.78 is 28.6. The van der Waals surface area contributed by atoms with Crippen LogP contribution in [0.1, 0.15) is 10.4 Å². The average molecular weight is 245 g/mol. The van der Waals surface area contributed by atoms with Crippen LogP contribution in [0.3, 0.4) is 0 Å². The third-order valence-corrected chi connectivity index (χ3v) is 1.81. The molecule has 0 saturated heterocycles. The topological polar surface area (TPSA) is 75.6 Å². The van der Waals surface area contributed by atoms with Gasteiger partial charge in [0.1, 0.15) is 12.4 Å². The van der Waals surface area contributed by atoms with Crippen molar-refractivity contribution in [3.05, 3.63) is 23.8 Å². The first-order valence-corrected chi connectivity index (χ1v) is 4.53. The van der Waals surface area contributed by atoms with Crippen LogP contribution < -0.4 is 10.1 Å². The van der Waals surface area contributed by atoms with Crippen LogP contribution in [0.2, 0.25) is 0 Å². The molecule has 0 aliphatic carbocycles. The first-order chi connectivity index (χ1) is 8.04. The second kappa shape index (κ2) is 5.78. The van der Waals surface area contributed by atoms with Gasteiger partial charge in [0.15, 0.2) is 0 Å². The fraction of sp³-hybridized carbons (Fsp3) is 0.200. The number of hydrogen-bond acceptors (Lipinski definition) is 3. The minimum atomic E-state index is -2.65. The van der Waals surface area contributed by atoms with Gasteiger partial charge >= 0.3 is 5.97 Å². The molecule has 1 aromatic rings. The van der Waals surface area contributed by atoms with Crippen LogP contribution in [0, 0.1) is 0 Å². The van der Waals surface area contributed by atoms with E-state index in [2.05, 4.69) is 5.32 Å². The lowest BCUT2D eigenvalue weighted by molar-refractivity contribution is -0.105. The number of hydrogen-bond donors (Lipinski definition) is 2. The largest absolute Gasteiger partial charge is 0.485 e. The van der Waals surface area contributed by atoms with Gasteiger partial charge in [0, 0.05) is 0 Å². The number of nitrogens with one attached hydrogen (secondary N) is 1. The zero-order valence-corrected chi connectivity index (χ0v) is 8.52. The van der Waals surface area contributed by atoms with E-state index in [0.717, 1.165) is 6.07 Å². The SMILES string of the molecule is O=CNc1cc(C(=O)O)ccc1OCC(F)F. The molecule has 17 heavy (non-hydrogen) atoms. The Morgan fingerprint density at radius 1 is 1.53 bits per heavy atom. The molecule has 2 N–H and O–H groups in total. The number of carbonyl (C=O) groups excluding carboxylic acids is 1. The van der Waals surface area contributed by atoms with Gasteiger partial charge in [0.25, 0.3) is 6.43 Å². The van der Waals surface area contributed by atoms with Crippen molar-refractivity contribution in [1.29, 1.82) is 0 Å². The van der Waals surface area contributed by atoms with Crippen molar-refractivity contribution in [2.24, 2.45) is 0 Å². The highest BCUT2D eigenvalue weighted by molar-refractivity contribution is 5.90. The predicted molar refractivity (Wildman–Crippen MR) is 54.6 cm³/mol. The molecule has 1 amide bonds. The van der Waals surface area contributed by atoms with E-state index in [-0.39, 0.29) is 17.0 Å². The number of carboxylic acid groups (broad SMARTS) is 1. The summed E-state index contributed by atoms with van der Waals surface area (Å²) in [5.41, 5.74) is -0.0562. The molecule has 7 heteroatoms. The summed E-state index contributed by atoms with van der Waals surface area (Å²) in [5.74, 6) is -1.21. The molecule has 0 aliphatic rings. The normalized spacial score (nSPS) is 10.1. The molecule has 0 saturated carbocycles. The van der Waals surface area contributed by atoms with E-state index in [1.807, 2.05) is 0 Å². The van der Waals surface area contributed by atoms with Crippen molar-refractivity contribution in [2.45, 2.75) is 6.43 Å². The van der Waals surface area contributed by atoms with Crippen molar-refractivity contribution < 1.29 is 28.2 Å². The van der Waals surface area contributed by atoms with Crippen LogP contribution in [-0.2, 0) is 4.79 Å². The molecule has 1 aromatic carbocycles. The van der Waals surface area contributed by atoms with Crippen molar-refractivity contribution in [1.82, 2.24) is 0 Å². The lowest BCUT2D eigenvalue weighted by atomic mass is 10.2. The summed E-state index contributed by atoms with van der Waals surface area (Å²) in [4.78, 5) is 20.9. The monoisotopic (exact) mass is 245 g/mol. The molecule has 0 spiro atoms. The third-order valence-electron chi connectivity index (χ3n) is 1.81. The second-order valence-electron chi connectivity index (χ2n) is 2.98. The van der Waals surface area contributed by atoms with Gasteiger partial charge in [-0.15, -0.1) is 0 Å². The van der Waals surface area contributed by atoms with E-state index in [4.69, 9.17) is 9.84 Å². The van der Waals surface area contributed by atoms with Crippen LogP contribution in [0.15, 0.2) is 18.2 Å². The Hall–Kier alpha value is -2.18. The van der Waals surface area contributed by atoms with E-state index in [1.165, 1.54) is 12.1 Å². The number of aromatic carboxylic acids is 1. The summed E-state index contributed by atoms with van der Waals surface area (Å²) in [6.07, 6.45) is -2.35. The molecule has 0 heterocycles. The first kappa shape index (κ1) is 12.9. The van der Waals surface area contributed by atoms with E-state index in [1.54, 1.807) is 0 Å². The van der Waals surface area contributed by atoms with Crippen LogP contribution in [0.5, 0.6) is 5.75 Å². The molecule has 92 valence electrons. The van der Waals surface area contributed by atoms with Crippen LogP contribution >= 0.6 is 0 Å². The smallest absolute Gasteiger partial charge is 0.335 e. The highest BCUT2D eigenvalue weighted by atomic mass is 19.3. The summed E-state index contributed by atoms with van der Waals surface area (Å²) >= 11 is 0. The lowest BCUT2D eigenvalue weighted by Gasteiger charge is -2.10. The Morgan fingerprint density at radius 2 is 2.24 bits per heavy atom. The predicted octanol–water partition coefficient (Wildman–Crippen LogP) is 1.60. The van der Waals surface area contributed by atoms with Gasteiger partial charge in [-0.05, 0) is 18.2 Å². The Labute approximate surface area is 95.0 Å². The zero-order chi connectivity index (χ0) is 12.8. The number of carboxylic acids is 1. The fourth-order valence-electron chi connectivity index (χ4n) is 1.12. The number of halogens is 2. The van der Waals surface area contributed by atoms with Crippen molar-refractivity contribution in [3.63, 3.8) is 0 Å². The van der Waals surface area contributed by atoms with Crippen LogP contribution in [0.4, 0.5) is 14.5 Å². The minimum Gasteiger partial charge on any atom is -0.485 e. The highest BCUT2D eigenvalue weighted by Gasteiger charge is 2.11.